The van der Waals surface area contributed by atoms with Crippen molar-refractivity contribution in [3.63, 3.8) is 0 Å². The Balaban J connectivity index is 1.10. The van der Waals surface area contributed by atoms with E-state index >= 15 is 0 Å². The molecule has 1 aliphatic heterocycles. The predicted molar refractivity (Wildman–Crippen MR) is 123 cm³/mol. The molecule has 2 fully saturated rings. The van der Waals surface area contributed by atoms with E-state index in [1.54, 1.807) is 12.3 Å². The molecular weight excluding hydrogens is 402 g/mol. The SMILES string of the molecule is O=C(N[C@H]1CCc2cc(CNCC3CC3)ccc2C1)c1ccc(OC[C@@H]2CCCO2)cn1. The highest BCUT2D eigenvalue weighted by Gasteiger charge is 2.23. The summed E-state index contributed by atoms with van der Waals surface area (Å²) in [6.07, 6.45) is 9.52. The molecule has 3 aliphatic rings. The average molecular weight is 436 g/mol. The maximum absolute atomic E-state index is 12.7. The highest BCUT2D eigenvalue weighted by molar-refractivity contribution is 5.92. The highest BCUT2D eigenvalue weighted by atomic mass is 16.5. The first-order chi connectivity index (χ1) is 15.7. The summed E-state index contributed by atoms with van der Waals surface area (Å²) in [5.74, 6) is 1.46. The van der Waals surface area contributed by atoms with Crippen LogP contribution in [0.15, 0.2) is 36.5 Å². The fraction of sp³-hybridized carbons (Fsp3) is 0.538. The number of hydrogen-bond donors (Lipinski definition) is 2. The van der Waals surface area contributed by atoms with Crippen molar-refractivity contribution in [1.82, 2.24) is 15.6 Å². The molecule has 0 radical (unpaired) electrons. The van der Waals surface area contributed by atoms with Crippen LogP contribution in [0.3, 0.4) is 0 Å². The molecule has 0 spiro atoms. The minimum Gasteiger partial charge on any atom is -0.489 e. The van der Waals surface area contributed by atoms with Gasteiger partial charge < -0.3 is 20.1 Å². The van der Waals surface area contributed by atoms with Crippen LogP contribution in [-0.2, 0) is 24.1 Å². The number of ether oxygens (including phenoxy) is 2. The van der Waals surface area contributed by atoms with Crippen LogP contribution >= 0.6 is 0 Å². The molecule has 2 aromatic rings. The van der Waals surface area contributed by atoms with Gasteiger partial charge in [0.25, 0.3) is 5.91 Å². The summed E-state index contributed by atoms with van der Waals surface area (Å²) in [6, 6.07) is 10.5. The Morgan fingerprint density at radius 1 is 1.12 bits per heavy atom. The molecule has 1 aromatic carbocycles. The zero-order valence-electron chi connectivity index (χ0n) is 18.6. The lowest BCUT2D eigenvalue weighted by Gasteiger charge is -2.26. The highest BCUT2D eigenvalue weighted by Crippen LogP contribution is 2.28. The standard InChI is InChI=1S/C26H33N3O3/c30-26(25-10-9-23(16-28-25)32-17-24-2-1-11-31-24)29-22-8-7-20-12-19(5-6-21(20)13-22)15-27-14-18-3-4-18/h5-6,9-10,12,16,18,22,24,27H,1-4,7-8,11,13-15,17H2,(H,29,30)/t22-,24-/m0/s1. The van der Waals surface area contributed by atoms with Crippen LogP contribution in [0.5, 0.6) is 5.75 Å². The van der Waals surface area contributed by atoms with Crippen molar-refractivity contribution in [2.45, 2.75) is 63.6 Å². The molecule has 5 rings (SSSR count). The molecular formula is C26H33N3O3. The van der Waals surface area contributed by atoms with E-state index in [9.17, 15) is 4.79 Å². The molecule has 2 heterocycles. The van der Waals surface area contributed by atoms with Crippen molar-refractivity contribution in [3.05, 3.63) is 58.9 Å². The zero-order valence-corrected chi connectivity index (χ0v) is 18.6. The van der Waals surface area contributed by atoms with Crippen LogP contribution < -0.4 is 15.4 Å². The molecule has 6 nitrogen and oxygen atoms in total. The number of carbonyl (C=O) groups is 1. The summed E-state index contributed by atoms with van der Waals surface area (Å²) >= 11 is 0. The van der Waals surface area contributed by atoms with Gasteiger partial charge in [-0.05, 0) is 86.2 Å². The third kappa shape index (κ3) is 5.67. The van der Waals surface area contributed by atoms with E-state index in [2.05, 4.69) is 33.8 Å². The third-order valence-corrected chi connectivity index (χ3v) is 6.72. The summed E-state index contributed by atoms with van der Waals surface area (Å²) < 4.78 is 11.3. The molecule has 0 bridgehead atoms. The number of aryl methyl sites for hydroxylation is 1. The molecule has 32 heavy (non-hydrogen) atoms. The number of fused-ring (bicyclic) bond motifs is 1. The number of pyridine rings is 1. The molecule has 1 aromatic heterocycles. The molecule has 2 aliphatic carbocycles. The van der Waals surface area contributed by atoms with Gasteiger partial charge in [-0.15, -0.1) is 0 Å². The predicted octanol–water partition coefficient (Wildman–Crippen LogP) is 3.43. The van der Waals surface area contributed by atoms with E-state index in [0.29, 0.717) is 18.1 Å². The number of nitrogens with one attached hydrogen (secondary N) is 2. The quantitative estimate of drug-likeness (QED) is 0.631. The Hall–Kier alpha value is -2.44. The average Bonchev–Trinajstić information content (AvgIpc) is 3.49. The van der Waals surface area contributed by atoms with Crippen LogP contribution in [0.1, 0.15) is 59.3 Å². The minimum atomic E-state index is -0.120. The second kappa shape index (κ2) is 10.0. The van der Waals surface area contributed by atoms with Crippen molar-refractivity contribution in [3.8, 4) is 5.75 Å². The van der Waals surface area contributed by atoms with Crippen LogP contribution in [0.25, 0.3) is 0 Å². The van der Waals surface area contributed by atoms with Crippen LogP contribution in [-0.4, -0.2) is 42.8 Å². The first kappa shape index (κ1) is 21.4. The lowest BCUT2D eigenvalue weighted by atomic mass is 9.87. The smallest absolute Gasteiger partial charge is 0.270 e. The number of aromatic nitrogens is 1. The minimum absolute atomic E-state index is 0.120. The molecule has 1 amide bonds. The van der Waals surface area contributed by atoms with Crippen molar-refractivity contribution < 1.29 is 14.3 Å². The van der Waals surface area contributed by atoms with Gasteiger partial charge in [0.2, 0.25) is 0 Å². The van der Waals surface area contributed by atoms with E-state index in [4.69, 9.17) is 9.47 Å². The summed E-state index contributed by atoms with van der Waals surface area (Å²) in [5, 5.41) is 6.74. The van der Waals surface area contributed by atoms with E-state index in [1.165, 1.54) is 29.5 Å². The summed E-state index contributed by atoms with van der Waals surface area (Å²) in [4.78, 5) is 17.0. The monoisotopic (exact) mass is 435 g/mol. The topological polar surface area (TPSA) is 72.5 Å². The van der Waals surface area contributed by atoms with Gasteiger partial charge in [-0.3, -0.25) is 4.79 Å². The summed E-state index contributed by atoms with van der Waals surface area (Å²) in [6.45, 7) is 3.44. The zero-order chi connectivity index (χ0) is 21.8. The normalized spacial score (nSPS) is 22.4. The van der Waals surface area contributed by atoms with Gasteiger partial charge in [0.1, 0.15) is 18.1 Å². The number of carbonyl (C=O) groups excluding carboxylic acids is 1. The number of rotatable bonds is 9. The Kier molecular flexibility index (Phi) is 6.69. The van der Waals surface area contributed by atoms with Crippen molar-refractivity contribution in [2.24, 2.45) is 5.92 Å². The lowest BCUT2D eigenvalue weighted by Crippen LogP contribution is -2.39. The fourth-order valence-electron chi connectivity index (χ4n) is 4.61. The van der Waals surface area contributed by atoms with E-state index in [1.807, 2.05) is 6.07 Å². The number of amides is 1. The van der Waals surface area contributed by atoms with Crippen LogP contribution in [0, 0.1) is 5.92 Å². The van der Waals surface area contributed by atoms with Crippen LogP contribution in [0.2, 0.25) is 0 Å². The number of nitrogens with zero attached hydrogens (tertiary/aromatic N) is 1. The van der Waals surface area contributed by atoms with Crippen molar-refractivity contribution >= 4 is 5.91 Å². The van der Waals surface area contributed by atoms with Gasteiger partial charge in [-0.1, -0.05) is 18.2 Å². The molecule has 1 saturated carbocycles. The molecule has 2 atom stereocenters. The van der Waals surface area contributed by atoms with Gasteiger partial charge in [-0.2, -0.15) is 0 Å². The van der Waals surface area contributed by atoms with Gasteiger partial charge in [-0.25, -0.2) is 4.98 Å². The Bertz CT molecular complexity index is 920. The molecule has 1 saturated heterocycles. The van der Waals surface area contributed by atoms with E-state index in [0.717, 1.165) is 57.7 Å². The summed E-state index contributed by atoms with van der Waals surface area (Å²) in [7, 11) is 0. The first-order valence-corrected chi connectivity index (χ1v) is 12.1. The molecule has 2 N–H and O–H groups in total. The number of benzene rings is 1. The van der Waals surface area contributed by atoms with Gasteiger partial charge in [0.15, 0.2) is 0 Å². The maximum atomic E-state index is 12.7. The first-order valence-electron chi connectivity index (χ1n) is 12.1. The molecule has 170 valence electrons. The van der Waals surface area contributed by atoms with E-state index in [-0.39, 0.29) is 18.1 Å². The lowest BCUT2D eigenvalue weighted by molar-refractivity contribution is 0.0678. The third-order valence-electron chi connectivity index (χ3n) is 6.72. The summed E-state index contributed by atoms with van der Waals surface area (Å²) in [5.41, 5.74) is 4.56. The maximum Gasteiger partial charge on any atom is 0.270 e. The Morgan fingerprint density at radius 2 is 2.06 bits per heavy atom. The van der Waals surface area contributed by atoms with Gasteiger partial charge in [0, 0.05) is 19.2 Å². The van der Waals surface area contributed by atoms with Gasteiger partial charge in [0.05, 0.1) is 12.3 Å². The van der Waals surface area contributed by atoms with Crippen molar-refractivity contribution in [2.75, 3.05) is 19.8 Å². The second-order valence-electron chi connectivity index (χ2n) is 9.42. The Labute approximate surface area is 190 Å². The largest absolute Gasteiger partial charge is 0.489 e. The molecule has 6 heteroatoms. The van der Waals surface area contributed by atoms with Gasteiger partial charge >= 0.3 is 0 Å². The van der Waals surface area contributed by atoms with Crippen LogP contribution in [0.4, 0.5) is 0 Å². The molecule has 0 unspecified atom stereocenters. The number of hydrogen-bond acceptors (Lipinski definition) is 5. The van der Waals surface area contributed by atoms with Crippen molar-refractivity contribution in [1.29, 1.82) is 0 Å². The van der Waals surface area contributed by atoms with E-state index < -0.39 is 0 Å². The fourth-order valence-corrected chi connectivity index (χ4v) is 4.61. The Morgan fingerprint density at radius 3 is 2.84 bits per heavy atom. The second-order valence-corrected chi connectivity index (χ2v) is 9.42.